The summed E-state index contributed by atoms with van der Waals surface area (Å²) in [5.41, 5.74) is 0.399. The molecule has 0 radical (unpaired) electrons. The van der Waals surface area contributed by atoms with Crippen LogP contribution in [0.15, 0.2) is 24.3 Å². The lowest BCUT2D eigenvalue weighted by Gasteiger charge is -2.23. The highest BCUT2D eigenvalue weighted by Crippen LogP contribution is 2.32. The zero-order chi connectivity index (χ0) is 15.5. The number of esters is 1. The smallest absolute Gasteiger partial charge is 0.307 e. The van der Waals surface area contributed by atoms with Gasteiger partial charge >= 0.3 is 5.97 Å². The molecule has 1 aromatic carbocycles. The van der Waals surface area contributed by atoms with E-state index < -0.39 is 11.5 Å². The average Bonchev–Trinajstić information content (AvgIpc) is 2.72. The largest absolute Gasteiger partial charge is 0.497 e. The van der Waals surface area contributed by atoms with E-state index in [0.29, 0.717) is 6.54 Å². The lowest BCUT2D eigenvalue weighted by molar-refractivity contribution is -0.147. The molecule has 1 saturated heterocycles. The standard InChI is InChI=1S/C16H21NO4/c1-16(2)13(10-14(18)21-16)15(19)17-9-8-11-4-6-12(20-3)7-5-11/h4-7,13H,8-10H2,1-3H3,(H,17,19)/t13-/m0/s1. The molecule has 2 rings (SSSR count). The normalized spacial score (nSPS) is 20.0. The van der Waals surface area contributed by atoms with Crippen molar-refractivity contribution < 1.29 is 19.1 Å². The SMILES string of the molecule is COc1ccc(CCNC(=O)[C@@H]2CC(=O)OC2(C)C)cc1. The second-order valence-electron chi connectivity index (χ2n) is 5.72. The van der Waals surface area contributed by atoms with Gasteiger partial charge in [-0.1, -0.05) is 12.1 Å². The van der Waals surface area contributed by atoms with E-state index in [1.165, 1.54) is 0 Å². The quantitative estimate of drug-likeness (QED) is 0.839. The van der Waals surface area contributed by atoms with Gasteiger partial charge in [-0.05, 0) is 38.0 Å². The Morgan fingerprint density at radius 1 is 1.38 bits per heavy atom. The molecule has 0 bridgehead atoms. The van der Waals surface area contributed by atoms with E-state index in [-0.39, 0.29) is 18.3 Å². The third-order valence-electron chi connectivity index (χ3n) is 3.78. The minimum absolute atomic E-state index is 0.126. The Balaban J connectivity index is 1.82. The summed E-state index contributed by atoms with van der Waals surface area (Å²) in [4.78, 5) is 23.4. The number of nitrogens with one attached hydrogen (secondary N) is 1. The molecule has 1 N–H and O–H groups in total. The van der Waals surface area contributed by atoms with Crippen LogP contribution in [0.2, 0.25) is 0 Å². The lowest BCUT2D eigenvalue weighted by atomic mass is 9.90. The molecule has 0 aromatic heterocycles. The summed E-state index contributed by atoms with van der Waals surface area (Å²) in [5, 5.41) is 2.88. The predicted molar refractivity (Wildman–Crippen MR) is 78.0 cm³/mol. The second kappa shape index (κ2) is 6.16. The third kappa shape index (κ3) is 3.74. The summed E-state index contributed by atoms with van der Waals surface area (Å²) in [7, 11) is 1.63. The minimum Gasteiger partial charge on any atom is -0.497 e. The van der Waals surface area contributed by atoms with Crippen molar-refractivity contribution in [2.24, 2.45) is 5.92 Å². The maximum absolute atomic E-state index is 12.1. The number of hydrogen-bond acceptors (Lipinski definition) is 4. The number of hydrogen-bond donors (Lipinski definition) is 1. The van der Waals surface area contributed by atoms with Gasteiger partial charge in [0.1, 0.15) is 11.4 Å². The van der Waals surface area contributed by atoms with Crippen LogP contribution in [0.3, 0.4) is 0 Å². The molecule has 0 unspecified atom stereocenters. The highest BCUT2D eigenvalue weighted by molar-refractivity contribution is 5.87. The van der Waals surface area contributed by atoms with Gasteiger partial charge in [0.05, 0.1) is 19.4 Å². The number of cyclic esters (lactones) is 1. The van der Waals surface area contributed by atoms with Crippen LogP contribution in [0.1, 0.15) is 25.8 Å². The molecule has 5 heteroatoms. The maximum atomic E-state index is 12.1. The van der Waals surface area contributed by atoms with Crippen LogP contribution in [-0.2, 0) is 20.7 Å². The summed E-state index contributed by atoms with van der Waals surface area (Å²) in [5.74, 6) is -0.0401. The van der Waals surface area contributed by atoms with Gasteiger partial charge in [-0.2, -0.15) is 0 Å². The molecule has 21 heavy (non-hydrogen) atoms. The van der Waals surface area contributed by atoms with Crippen molar-refractivity contribution in [3.63, 3.8) is 0 Å². The predicted octanol–water partition coefficient (Wildman–Crippen LogP) is 1.70. The van der Waals surface area contributed by atoms with Crippen molar-refractivity contribution in [1.29, 1.82) is 0 Å². The van der Waals surface area contributed by atoms with Crippen LogP contribution < -0.4 is 10.1 Å². The van der Waals surface area contributed by atoms with E-state index in [1.54, 1.807) is 21.0 Å². The van der Waals surface area contributed by atoms with Gasteiger partial charge in [0, 0.05) is 6.54 Å². The van der Waals surface area contributed by atoms with Crippen LogP contribution in [0, 0.1) is 5.92 Å². The molecule has 1 atom stereocenters. The lowest BCUT2D eigenvalue weighted by Crippen LogP contribution is -2.41. The number of methoxy groups -OCH3 is 1. The first kappa shape index (κ1) is 15.4. The van der Waals surface area contributed by atoms with Crippen molar-refractivity contribution in [2.45, 2.75) is 32.3 Å². The molecule has 0 spiro atoms. The second-order valence-corrected chi connectivity index (χ2v) is 5.72. The highest BCUT2D eigenvalue weighted by atomic mass is 16.6. The fraction of sp³-hybridized carbons (Fsp3) is 0.500. The molecule has 1 heterocycles. The van der Waals surface area contributed by atoms with Crippen LogP contribution in [-0.4, -0.2) is 31.1 Å². The van der Waals surface area contributed by atoms with Crippen molar-refractivity contribution in [1.82, 2.24) is 5.32 Å². The average molecular weight is 291 g/mol. The molecular formula is C16H21NO4. The Morgan fingerprint density at radius 3 is 2.57 bits per heavy atom. The Kier molecular flexibility index (Phi) is 4.50. The van der Waals surface area contributed by atoms with Crippen molar-refractivity contribution in [3.8, 4) is 5.75 Å². The van der Waals surface area contributed by atoms with Crippen LogP contribution in [0.4, 0.5) is 0 Å². The number of amides is 1. The van der Waals surface area contributed by atoms with E-state index in [2.05, 4.69) is 5.32 Å². The molecule has 1 aliphatic rings. The molecule has 1 amide bonds. The monoisotopic (exact) mass is 291 g/mol. The number of carbonyl (C=O) groups is 2. The zero-order valence-corrected chi connectivity index (χ0v) is 12.6. The number of ether oxygens (including phenoxy) is 2. The maximum Gasteiger partial charge on any atom is 0.307 e. The Labute approximate surface area is 124 Å². The van der Waals surface area contributed by atoms with E-state index in [0.717, 1.165) is 17.7 Å². The molecule has 1 aromatic rings. The van der Waals surface area contributed by atoms with Crippen LogP contribution >= 0.6 is 0 Å². The Bertz CT molecular complexity index is 522. The fourth-order valence-electron chi connectivity index (χ4n) is 2.47. The molecule has 0 saturated carbocycles. The fourth-order valence-corrected chi connectivity index (χ4v) is 2.47. The first-order chi connectivity index (χ1) is 9.92. The van der Waals surface area contributed by atoms with Gasteiger partial charge in [0.2, 0.25) is 5.91 Å². The van der Waals surface area contributed by atoms with Crippen LogP contribution in [0.5, 0.6) is 5.75 Å². The van der Waals surface area contributed by atoms with Crippen molar-refractivity contribution in [3.05, 3.63) is 29.8 Å². The van der Waals surface area contributed by atoms with Crippen LogP contribution in [0.25, 0.3) is 0 Å². The number of rotatable bonds is 5. The minimum atomic E-state index is -0.721. The zero-order valence-electron chi connectivity index (χ0n) is 12.6. The molecule has 114 valence electrons. The van der Waals surface area contributed by atoms with Gasteiger partial charge in [-0.15, -0.1) is 0 Å². The van der Waals surface area contributed by atoms with E-state index in [1.807, 2.05) is 24.3 Å². The Hall–Kier alpha value is -2.04. The molecule has 0 aliphatic carbocycles. The van der Waals surface area contributed by atoms with Gasteiger partial charge in [-0.25, -0.2) is 0 Å². The first-order valence-corrected chi connectivity index (χ1v) is 7.05. The van der Waals surface area contributed by atoms with Gasteiger partial charge in [-0.3, -0.25) is 9.59 Å². The van der Waals surface area contributed by atoms with E-state index in [4.69, 9.17) is 9.47 Å². The summed E-state index contributed by atoms with van der Waals surface area (Å²) < 4.78 is 10.3. The Morgan fingerprint density at radius 2 is 2.05 bits per heavy atom. The molecule has 1 aliphatic heterocycles. The molecule has 1 fully saturated rings. The summed E-state index contributed by atoms with van der Waals surface area (Å²) >= 11 is 0. The topological polar surface area (TPSA) is 64.6 Å². The molecular weight excluding hydrogens is 270 g/mol. The first-order valence-electron chi connectivity index (χ1n) is 7.05. The van der Waals surface area contributed by atoms with Gasteiger partial charge in [0.25, 0.3) is 0 Å². The van der Waals surface area contributed by atoms with Gasteiger partial charge < -0.3 is 14.8 Å². The summed E-state index contributed by atoms with van der Waals surface area (Å²) in [6.07, 6.45) is 0.888. The van der Waals surface area contributed by atoms with E-state index in [9.17, 15) is 9.59 Å². The number of carbonyl (C=O) groups excluding carboxylic acids is 2. The third-order valence-corrected chi connectivity index (χ3v) is 3.78. The van der Waals surface area contributed by atoms with E-state index >= 15 is 0 Å². The van der Waals surface area contributed by atoms with Gasteiger partial charge in [0.15, 0.2) is 0 Å². The molecule has 5 nitrogen and oxygen atoms in total. The van der Waals surface area contributed by atoms with Crippen molar-refractivity contribution in [2.75, 3.05) is 13.7 Å². The highest BCUT2D eigenvalue weighted by Gasteiger charge is 2.45. The summed E-state index contributed by atoms with van der Waals surface area (Å²) in [6, 6.07) is 7.72. The summed E-state index contributed by atoms with van der Waals surface area (Å²) in [6.45, 7) is 4.07. The number of benzene rings is 1. The van der Waals surface area contributed by atoms with Crippen molar-refractivity contribution >= 4 is 11.9 Å².